The van der Waals surface area contributed by atoms with Crippen molar-refractivity contribution in [1.82, 2.24) is 24.8 Å². The molecule has 16 nitrogen and oxygen atoms in total. The summed E-state index contributed by atoms with van der Waals surface area (Å²) in [6.45, 7) is -0.683. The number of carboxylic acids is 1. The second-order valence-electron chi connectivity index (χ2n) is 8.71. The number of aliphatic carboxylic acids is 1. The number of hydrogen-bond acceptors (Lipinski definition) is 12. The van der Waals surface area contributed by atoms with Gasteiger partial charge in [-0.2, -0.15) is 0 Å². The zero-order chi connectivity index (χ0) is 26.0. The average molecular weight is 528 g/mol. The Morgan fingerprint density at radius 2 is 2.00 bits per heavy atom. The van der Waals surface area contributed by atoms with Gasteiger partial charge in [0, 0.05) is 12.2 Å². The van der Waals surface area contributed by atoms with Gasteiger partial charge >= 0.3 is 12.0 Å². The van der Waals surface area contributed by atoms with Crippen LogP contribution in [0.4, 0.5) is 10.6 Å². The number of aromatic nitrogens is 4. The van der Waals surface area contributed by atoms with Gasteiger partial charge in [-0.15, -0.1) is 0 Å². The number of nitrogens with two attached hydrogens (primary N) is 1. The molecule has 0 aromatic carbocycles. The van der Waals surface area contributed by atoms with E-state index in [2.05, 4.69) is 25.6 Å². The van der Waals surface area contributed by atoms with Gasteiger partial charge in [-0.05, 0) is 12.8 Å². The van der Waals surface area contributed by atoms with Gasteiger partial charge in [-0.1, -0.05) is 12.8 Å². The maximum absolute atomic E-state index is 12.4. The van der Waals surface area contributed by atoms with Crippen LogP contribution in [0.5, 0.6) is 0 Å². The highest BCUT2D eigenvalue weighted by atomic mass is 31.2. The minimum absolute atomic E-state index is 0.0897. The highest BCUT2D eigenvalue weighted by Crippen LogP contribution is 2.40. The Hall–Kier alpha value is -2.72. The number of aliphatic hydroxyl groups is 2. The molecule has 2 aliphatic rings. The lowest BCUT2D eigenvalue weighted by Gasteiger charge is -2.26. The van der Waals surface area contributed by atoms with E-state index in [0.29, 0.717) is 0 Å². The van der Waals surface area contributed by atoms with E-state index in [1.54, 1.807) is 0 Å². The van der Waals surface area contributed by atoms with Crippen LogP contribution in [-0.2, 0) is 18.6 Å². The van der Waals surface area contributed by atoms with Gasteiger partial charge < -0.3 is 45.1 Å². The quantitative estimate of drug-likeness (QED) is 0.203. The maximum Gasteiger partial charge on any atom is 0.320 e. The zero-order valence-corrected chi connectivity index (χ0v) is 19.9. The third-order valence-electron chi connectivity index (χ3n) is 6.07. The fraction of sp³-hybridized carbons (Fsp3) is 0.632. The molecule has 0 bridgehead atoms. The van der Waals surface area contributed by atoms with Gasteiger partial charge in [0.15, 0.2) is 23.2 Å². The Kier molecular flexibility index (Phi) is 7.85. The van der Waals surface area contributed by atoms with Crippen molar-refractivity contribution in [2.24, 2.45) is 5.73 Å². The molecule has 0 radical (unpaired) electrons. The number of fused-ring (bicyclic) bond motifs is 1. The molecule has 6 atom stereocenters. The fourth-order valence-corrected chi connectivity index (χ4v) is 5.30. The van der Waals surface area contributed by atoms with Gasteiger partial charge in [0.05, 0.1) is 12.9 Å². The molecule has 4 rings (SSSR count). The van der Waals surface area contributed by atoms with Crippen LogP contribution in [-0.4, -0.2) is 90.0 Å². The van der Waals surface area contributed by atoms with Crippen LogP contribution in [0.15, 0.2) is 12.7 Å². The lowest BCUT2D eigenvalue weighted by molar-refractivity contribution is -0.202. The minimum Gasteiger partial charge on any atom is -0.778 e. The second kappa shape index (κ2) is 10.7. The number of nitrogens with zero attached hydrogens (tertiary/aromatic N) is 4. The SMILES string of the molecule is NC(CP(=O)([O-])OC[C@H]1O[C@@H](n2cnc3c(NC(=O)NC4CCCC4)ncnc32)[C@@H](O)C1O)C(=O)O. The molecule has 2 amide bonds. The van der Waals surface area contributed by atoms with Gasteiger partial charge in [-0.25, -0.2) is 19.7 Å². The van der Waals surface area contributed by atoms with Crippen molar-refractivity contribution in [3.8, 4) is 0 Å². The number of hydrogen-bond donors (Lipinski definition) is 6. The largest absolute Gasteiger partial charge is 0.778 e. The van der Waals surface area contributed by atoms with Crippen molar-refractivity contribution in [3.05, 3.63) is 12.7 Å². The first-order chi connectivity index (χ1) is 17.1. The number of anilines is 1. The van der Waals surface area contributed by atoms with E-state index in [1.807, 2.05) is 0 Å². The Bertz CT molecular complexity index is 1160. The molecule has 1 aliphatic heterocycles. The summed E-state index contributed by atoms with van der Waals surface area (Å²) >= 11 is 0. The monoisotopic (exact) mass is 528 g/mol. The average Bonchev–Trinajstić information content (AvgIpc) is 3.54. The molecular formula is C19H27N7O9P-. The van der Waals surface area contributed by atoms with Gasteiger partial charge in [0.2, 0.25) is 0 Å². The third kappa shape index (κ3) is 5.81. The Balaban J connectivity index is 1.44. The summed E-state index contributed by atoms with van der Waals surface area (Å²) in [4.78, 5) is 47.5. The summed E-state index contributed by atoms with van der Waals surface area (Å²) in [5.41, 5.74) is 5.62. The summed E-state index contributed by atoms with van der Waals surface area (Å²) in [6, 6.07) is -2.03. The molecule has 0 spiro atoms. The number of ether oxygens (including phenoxy) is 1. The van der Waals surface area contributed by atoms with Gasteiger partial charge in [-0.3, -0.25) is 14.7 Å². The normalized spacial score (nSPS) is 27.1. The van der Waals surface area contributed by atoms with Crippen LogP contribution in [0.1, 0.15) is 31.9 Å². The smallest absolute Gasteiger partial charge is 0.320 e. The predicted molar refractivity (Wildman–Crippen MR) is 120 cm³/mol. The fourth-order valence-electron chi connectivity index (χ4n) is 4.18. The molecule has 1 saturated heterocycles. The third-order valence-corrected chi connectivity index (χ3v) is 7.45. The van der Waals surface area contributed by atoms with Crippen LogP contribution in [0.2, 0.25) is 0 Å². The molecule has 36 heavy (non-hydrogen) atoms. The standard InChI is InChI=1S/C19H28N7O9P/c20-10(18(29)30)6-36(32,33)34-5-11-13(27)14(28)17(35-11)26-8-23-12-15(21-7-22-16(12)26)25-19(31)24-9-3-1-2-4-9/h7-11,13-14,17,27-28H,1-6,20H2,(H,29,30)(H,32,33)(H2,21,22,24,25,31)/p-1/t10?,11-,13?,14+,17-/m1/s1. The number of rotatable bonds is 9. The van der Waals surface area contributed by atoms with E-state index in [4.69, 9.17) is 20.1 Å². The van der Waals surface area contributed by atoms with Crippen molar-refractivity contribution in [2.45, 2.75) is 62.3 Å². The van der Waals surface area contributed by atoms with Crippen molar-refractivity contribution < 1.29 is 43.6 Å². The number of aliphatic hydroxyl groups excluding tert-OH is 2. The second-order valence-corrected chi connectivity index (χ2v) is 10.6. The summed E-state index contributed by atoms with van der Waals surface area (Å²) in [6.07, 6.45) is -0.144. The predicted octanol–water partition coefficient (Wildman–Crippen LogP) is -1.51. The van der Waals surface area contributed by atoms with Gasteiger partial charge in [0.1, 0.15) is 38.3 Å². The van der Waals surface area contributed by atoms with Crippen LogP contribution >= 0.6 is 7.60 Å². The molecule has 198 valence electrons. The molecular weight excluding hydrogens is 501 g/mol. The van der Waals surface area contributed by atoms with Crippen LogP contribution in [0, 0.1) is 0 Å². The van der Waals surface area contributed by atoms with E-state index in [-0.39, 0.29) is 23.0 Å². The van der Waals surface area contributed by atoms with Crippen LogP contribution in [0.3, 0.4) is 0 Å². The van der Waals surface area contributed by atoms with E-state index in [9.17, 15) is 29.3 Å². The maximum atomic E-state index is 12.4. The van der Waals surface area contributed by atoms with Crippen molar-refractivity contribution in [1.29, 1.82) is 0 Å². The van der Waals surface area contributed by atoms with Gasteiger partial charge in [0.25, 0.3) is 0 Å². The summed E-state index contributed by atoms with van der Waals surface area (Å²) in [5.74, 6) is -1.38. The highest BCUT2D eigenvalue weighted by molar-refractivity contribution is 7.51. The number of amides is 2. The van der Waals surface area contributed by atoms with E-state index in [1.165, 1.54) is 17.2 Å². The molecule has 2 fully saturated rings. The van der Waals surface area contributed by atoms with E-state index in [0.717, 1.165) is 25.7 Å². The zero-order valence-electron chi connectivity index (χ0n) is 19.0. The molecule has 2 aromatic rings. The van der Waals surface area contributed by atoms with Crippen LogP contribution in [0.25, 0.3) is 11.2 Å². The van der Waals surface area contributed by atoms with Crippen molar-refractivity contribution in [3.63, 3.8) is 0 Å². The Morgan fingerprint density at radius 1 is 1.28 bits per heavy atom. The summed E-state index contributed by atoms with van der Waals surface area (Å²) in [5, 5.41) is 35.2. The van der Waals surface area contributed by atoms with Crippen molar-refractivity contribution >= 4 is 36.6 Å². The number of carbonyl (C=O) groups is 2. The summed E-state index contributed by atoms with van der Waals surface area (Å²) < 4.78 is 23.7. The molecule has 3 heterocycles. The molecule has 7 N–H and O–H groups in total. The first-order valence-electron chi connectivity index (χ1n) is 11.3. The molecule has 2 aromatic heterocycles. The Morgan fingerprint density at radius 3 is 2.69 bits per heavy atom. The number of imidazole rings is 1. The lowest BCUT2D eigenvalue weighted by Crippen LogP contribution is -2.37. The van der Waals surface area contributed by atoms with E-state index < -0.39 is 62.9 Å². The molecule has 17 heteroatoms. The topological polar surface area (TPSA) is 247 Å². The molecule has 1 aliphatic carbocycles. The van der Waals surface area contributed by atoms with E-state index >= 15 is 0 Å². The highest BCUT2D eigenvalue weighted by Gasteiger charge is 2.45. The number of urea groups is 1. The molecule has 3 unspecified atom stereocenters. The number of carboxylic acid groups (broad SMARTS) is 1. The van der Waals surface area contributed by atoms with Crippen LogP contribution < -0.4 is 21.3 Å². The summed E-state index contributed by atoms with van der Waals surface area (Å²) in [7, 11) is -4.67. The minimum atomic E-state index is -4.67. The van der Waals surface area contributed by atoms with Crippen molar-refractivity contribution in [2.75, 3.05) is 18.1 Å². The number of carbonyl (C=O) groups excluding carboxylic acids is 1. The first-order valence-corrected chi connectivity index (χ1v) is 13.0. The molecule has 1 saturated carbocycles. The lowest BCUT2D eigenvalue weighted by atomic mass is 10.1. The number of nitrogens with one attached hydrogen (secondary N) is 2. The first kappa shape index (κ1) is 26.3. The Labute approximate surface area is 204 Å².